The average molecular weight is 242 g/mol. The first-order valence-corrected chi connectivity index (χ1v) is 6.57. The highest BCUT2D eigenvalue weighted by Gasteiger charge is 2.06. The normalized spacial score (nSPS) is 12.7. The number of hydrogen-bond donors (Lipinski definition) is 0. The quantitative estimate of drug-likeness (QED) is 0.522. The molecule has 0 fully saturated rings. The molecule has 1 rings (SSSR count). The van der Waals surface area contributed by atoms with Gasteiger partial charge in [0.2, 0.25) is 0 Å². The minimum atomic E-state index is 0.114. The van der Waals surface area contributed by atoms with Crippen LogP contribution in [-0.2, 0) is 0 Å². The van der Waals surface area contributed by atoms with Crippen LogP contribution in [-0.4, -0.2) is 5.78 Å². The Balaban J connectivity index is 3.07. The van der Waals surface area contributed by atoms with Gasteiger partial charge in [-0.3, -0.25) is 4.79 Å². The lowest BCUT2D eigenvalue weighted by Gasteiger charge is -2.11. The summed E-state index contributed by atoms with van der Waals surface area (Å²) in [7, 11) is 0. The minimum absolute atomic E-state index is 0.114. The summed E-state index contributed by atoms with van der Waals surface area (Å²) in [5, 5.41) is 0. The van der Waals surface area contributed by atoms with Crippen LogP contribution in [0.1, 0.15) is 56.5 Å². The number of allylic oxidation sites excluding steroid dienone is 4. The van der Waals surface area contributed by atoms with Gasteiger partial charge in [0.1, 0.15) is 0 Å². The average Bonchev–Trinajstić information content (AvgIpc) is 2.39. The number of ketones is 1. The first-order chi connectivity index (χ1) is 8.63. The van der Waals surface area contributed by atoms with Crippen molar-refractivity contribution in [2.75, 3.05) is 0 Å². The molecule has 0 aromatic heterocycles. The van der Waals surface area contributed by atoms with Crippen LogP contribution in [0.15, 0.2) is 42.0 Å². The van der Waals surface area contributed by atoms with Gasteiger partial charge < -0.3 is 0 Å². The molecule has 1 aromatic rings. The van der Waals surface area contributed by atoms with E-state index in [-0.39, 0.29) is 5.78 Å². The molecule has 1 nitrogen and oxygen atoms in total. The molecular weight excluding hydrogens is 220 g/mol. The summed E-state index contributed by atoms with van der Waals surface area (Å²) >= 11 is 0. The van der Waals surface area contributed by atoms with E-state index in [1.54, 1.807) is 6.92 Å². The third kappa shape index (κ3) is 3.43. The molecule has 0 unspecified atom stereocenters. The van der Waals surface area contributed by atoms with E-state index in [2.05, 4.69) is 32.9 Å². The van der Waals surface area contributed by atoms with Crippen molar-refractivity contribution in [3.63, 3.8) is 0 Å². The molecule has 0 heterocycles. The molecule has 0 atom stereocenters. The Morgan fingerprint density at radius 3 is 2.00 bits per heavy atom. The van der Waals surface area contributed by atoms with Crippen LogP contribution in [0.2, 0.25) is 0 Å². The van der Waals surface area contributed by atoms with Gasteiger partial charge in [-0.1, -0.05) is 49.8 Å². The lowest BCUT2D eigenvalue weighted by atomic mass is 9.93. The Labute approximate surface area is 110 Å². The smallest absolute Gasteiger partial charge is 0.159 e. The summed E-state index contributed by atoms with van der Waals surface area (Å²) in [6, 6.07) is 7.87. The number of hydrogen-bond acceptors (Lipinski definition) is 1. The Morgan fingerprint density at radius 2 is 1.61 bits per heavy atom. The van der Waals surface area contributed by atoms with Crippen LogP contribution in [0.3, 0.4) is 0 Å². The van der Waals surface area contributed by atoms with Gasteiger partial charge in [0.25, 0.3) is 0 Å². The van der Waals surface area contributed by atoms with Crippen molar-refractivity contribution in [1.29, 1.82) is 0 Å². The SMILES string of the molecule is CC=C(CCC)C(=CC)c1ccc(C(C)=O)cc1. The summed E-state index contributed by atoms with van der Waals surface area (Å²) in [6.07, 6.45) is 6.55. The molecule has 0 saturated carbocycles. The first-order valence-electron chi connectivity index (χ1n) is 6.57. The number of carbonyl (C=O) groups is 1. The van der Waals surface area contributed by atoms with Gasteiger partial charge in [-0.15, -0.1) is 0 Å². The van der Waals surface area contributed by atoms with Gasteiger partial charge in [-0.05, 0) is 43.9 Å². The Bertz CT molecular complexity index is 461. The topological polar surface area (TPSA) is 17.1 Å². The molecule has 0 radical (unpaired) electrons. The van der Waals surface area contributed by atoms with E-state index in [9.17, 15) is 4.79 Å². The summed E-state index contributed by atoms with van der Waals surface area (Å²) in [5.41, 5.74) is 4.60. The molecule has 0 aliphatic carbocycles. The fourth-order valence-electron chi connectivity index (χ4n) is 2.13. The molecule has 0 N–H and O–H groups in total. The largest absolute Gasteiger partial charge is 0.295 e. The van der Waals surface area contributed by atoms with Gasteiger partial charge in [0, 0.05) is 5.56 Å². The standard InChI is InChI=1S/C17H22O/c1-5-8-14(6-2)17(7-3)16-11-9-15(10-12-16)13(4)18/h6-7,9-12H,5,8H2,1-4H3. The third-order valence-electron chi connectivity index (χ3n) is 3.10. The van der Waals surface area contributed by atoms with Crippen molar-refractivity contribution >= 4 is 11.4 Å². The predicted octanol–water partition coefficient (Wildman–Crippen LogP) is 5.04. The van der Waals surface area contributed by atoms with E-state index >= 15 is 0 Å². The molecule has 96 valence electrons. The zero-order valence-corrected chi connectivity index (χ0v) is 11.8. The van der Waals surface area contributed by atoms with Crippen molar-refractivity contribution in [1.82, 2.24) is 0 Å². The van der Waals surface area contributed by atoms with Gasteiger partial charge >= 0.3 is 0 Å². The van der Waals surface area contributed by atoms with E-state index in [0.29, 0.717) is 0 Å². The number of Topliss-reactive ketones (excluding diaryl/α,β-unsaturated/α-hetero) is 1. The zero-order chi connectivity index (χ0) is 13.5. The zero-order valence-electron chi connectivity index (χ0n) is 11.8. The van der Waals surface area contributed by atoms with Crippen molar-refractivity contribution < 1.29 is 4.79 Å². The maximum Gasteiger partial charge on any atom is 0.159 e. The second-order valence-electron chi connectivity index (χ2n) is 4.40. The van der Waals surface area contributed by atoms with Crippen molar-refractivity contribution in [3.05, 3.63) is 53.1 Å². The number of carbonyl (C=O) groups excluding carboxylic acids is 1. The van der Waals surface area contributed by atoms with Crippen LogP contribution in [0, 0.1) is 0 Å². The monoisotopic (exact) mass is 242 g/mol. The minimum Gasteiger partial charge on any atom is -0.295 e. The van der Waals surface area contributed by atoms with Crippen LogP contribution in [0.5, 0.6) is 0 Å². The highest BCUT2D eigenvalue weighted by molar-refractivity contribution is 5.94. The van der Waals surface area contributed by atoms with E-state index < -0.39 is 0 Å². The first kappa shape index (κ1) is 14.4. The third-order valence-corrected chi connectivity index (χ3v) is 3.10. The Morgan fingerprint density at radius 1 is 1.06 bits per heavy atom. The van der Waals surface area contributed by atoms with Gasteiger partial charge in [0.05, 0.1) is 0 Å². The van der Waals surface area contributed by atoms with Crippen molar-refractivity contribution in [3.8, 4) is 0 Å². The predicted molar refractivity (Wildman–Crippen MR) is 78.8 cm³/mol. The van der Waals surface area contributed by atoms with Crippen LogP contribution < -0.4 is 0 Å². The van der Waals surface area contributed by atoms with Crippen LogP contribution in [0.25, 0.3) is 5.57 Å². The lowest BCUT2D eigenvalue weighted by molar-refractivity contribution is 0.101. The molecule has 0 saturated heterocycles. The highest BCUT2D eigenvalue weighted by Crippen LogP contribution is 2.26. The Kier molecular flexibility index (Phi) is 5.57. The Hall–Kier alpha value is -1.63. The van der Waals surface area contributed by atoms with Gasteiger partial charge in [0.15, 0.2) is 5.78 Å². The maximum absolute atomic E-state index is 11.3. The number of benzene rings is 1. The molecule has 0 aliphatic heterocycles. The summed E-state index contributed by atoms with van der Waals surface area (Å²) < 4.78 is 0. The second-order valence-corrected chi connectivity index (χ2v) is 4.40. The second kappa shape index (κ2) is 6.95. The fraction of sp³-hybridized carbons (Fsp3) is 0.353. The van der Waals surface area contributed by atoms with Crippen LogP contribution in [0.4, 0.5) is 0 Å². The molecule has 0 amide bonds. The van der Waals surface area contributed by atoms with Crippen molar-refractivity contribution in [2.24, 2.45) is 0 Å². The van der Waals surface area contributed by atoms with Crippen LogP contribution >= 0.6 is 0 Å². The fourth-order valence-corrected chi connectivity index (χ4v) is 2.13. The number of rotatable bonds is 5. The summed E-state index contributed by atoms with van der Waals surface area (Å²) in [6.45, 7) is 7.93. The summed E-state index contributed by atoms with van der Waals surface area (Å²) in [5.74, 6) is 0.114. The van der Waals surface area contributed by atoms with E-state index in [0.717, 1.165) is 18.4 Å². The van der Waals surface area contributed by atoms with E-state index in [1.165, 1.54) is 16.7 Å². The molecular formula is C17H22O. The van der Waals surface area contributed by atoms with Gasteiger partial charge in [-0.2, -0.15) is 0 Å². The molecule has 18 heavy (non-hydrogen) atoms. The summed E-state index contributed by atoms with van der Waals surface area (Å²) in [4.78, 5) is 11.3. The molecule has 1 heteroatoms. The van der Waals surface area contributed by atoms with Gasteiger partial charge in [-0.25, -0.2) is 0 Å². The molecule has 0 spiro atoms. The molecule has 0 aliphatic rings. The molecule has 1 aromatic carbocycles. The van der Waals surface area contributed by atoms with E-state index in [1.807, 2.05) is 24.3 Å². The molecule has 0 bridgehead atoms. The van der Waals surface area contributed by atoms with Crippen molar-refractivity contribution in [2.45, 2.75) is 40.5 Å². The van der Waals surface area contributed by atoms with E-state index in [4.69, 9.17) is 0 Å². The highest BCUT2D eigenvalue weighted by atomic mass is 16.1. The lowest BCUT2D eigenvalue weighted by Crippen LogP contribution is -1.94. The maximum atomic E-state index is 11.3.